The molecule has 8 rings (SSSR count). The number of nitrogens with zero attached hydrogens (tertiary/aromatic N) is 6. The normalized spacial score (nSPS) is 25.7. The fourth-order valence-corrected chi connectivity index (χ4v) is 7.94. The van der Waals surface area contributed by atoms with Gasteiger partial charge < -0.3 is 15.5 Å². The van der Waals surface area contributed by atoms with E-state index in [-0.39, 0.29) is 11.4 Å². The third-order valence-electron chi connectivity index (χ3n) is 10.8. The molecule has 0 unspecified atom stereocenters. The lowest BCUT2D eigenvalue weighted by molar-refractivity contribution is -0.112. The lowest BCUT2D eigenvalue weighted by Gasteiger charge is -2.62. The van der Waals surface area contributed by atoms with E-state index in [2.05, 4.69) is 53.2 Å². The van der Waals surface area contributed by atoms with E-state index in [4.69, 9.17) is 9.98 Å². The Balaban J connectivity index is 1.25. The molecule has 3 aliphatic carbocycles. The molecule has 240 valence electrons. The molecular formula is C36H43FN8O. The number of hydrogen-bond acceptors (Lipinski definition) is 6. The van der Waals surface area contributed by atoms with Crippen molar-refractivity contribution in [3.63, 3.8) is 0 Å². The van der Waals surface area contributed by atoms with Gasteiger partial charge in [-0.15, -0.1) is 0 Å². The Morgan fingerprint density at radius 3 is 2.67 bits per heavy atom. The zero-order chi connectivity index (χ0) is 32.0. The minimum atomic E-state index is -0.286. The number of fused-ring (bicyclic) bond motifs is 3. The van der Waals surface area contributed by atoms with E-state index >= 15 is 0 Å². The lowest BCUT2D eigenvalue weighted by Crippen LogP contribution is -2.63. The zero-order valence-electron chi connectivity index (χ0n) is 27.1. The third-order valence-corrected chi connectivity index (χ3v) is 10.8. The van der Waals surface area contributed by atoms with Crippen LogP contribution >= 0.6 is 0 Å². The van der Waals surface area contributed by atoms with Gasteiger partial charge in [0, 0.05) is 50.7 Å². The SMILES string of the molecule is C[C@H]1[C@@H](NC(=Nc2ccc3c(=O)n(CCc4ccc(F)cc4)c(-c4cnccn4)nc3c2)N2CCN[C@@H](C)C2)C[C@@H]2C[C@@H]1C2(C)C. The van der Waals surface area contributed by atoms with Crippen molar-refractivity contribution < 1.29 is 4.39 Å². The predicted molar refractivity (Wildman–Crippen MR) is 179 cm³/mol. The summed E-state index contributed by atoms with van der Waals surface area (Å²) < 4.78 is 15.1. The number of halogens is 1. The van der Waals surface area contributed by atoms with E-state index in [1.54, 1.807) is 35.3 Å². The highest BCUT2D eigenvalue weighted by atomic mass is 19.1. The zero-order valence-corrected chi connectivity index (χ0v) is 27.1. The van der Waals surface area contributed by atoms with E-state index in [0.717, 1.165) is 55.1 Å². The molecule has 1 saturated heterocycles. The number of piperazine rings is 1. The first-order valence-electron chi connectivity index (χ1n) is 16.6. The molecule has 46 heavy (non-hydrogen) atoms. The van der Waals surface area contributed by atoms with Crippen LogP contribution in [0.15, 0.2) is 70.8 Å². The minimum absolute atomic E-state index is 0.157. The number of hydrogen-bond donors (Lipinski definition) is 2. The Bertz CT molecular complexity index is 1810. The molecular weight excluding hydrogens is 579 g/mol. The molecule has 4 aromatic rings. The highest BCUT2D eigenvalue weighted by Crippen LogP contribution is 2.61. The first kappa shape index (κ1) is 30.5. The van der Waals surface area contributed by atoms with Crippen LogP contribution in [0, 0.1) is 29.0 Å². The van der Waals surface area contributed by atoms with Gasteiger partial charge in [0.15, 0.2) is 11.8 Å². The van der Waals surface area contributed by atoms with Crippen LogP contribution in [0.5, 0.6) is 0 Å². The van der Waals surface area contributed by atoms with Gasteiger partial charge in [-0.1, -0.05) is 32.9 Å². The largest absolute Gasteiger partial charge is 0.353 e. The van der Waals surface area contributed by atoms with Crippen LogP contribution < -0.4 is 16.2 Å². The number of aliphatic imine (C=N–C) groups is 1. The van der Waals surface area contributed by atoms with Crippen LogP contribution in [0.4, 0.5) is 10.1 Å². The van der Waals surface area contributed by atoms with Crippen LogP contribution in [-0.4, -0.2) is 62.1 Å². The maximum absolute atomic E-state index is 14.0. The van der Waals surface area contributed by atoms with Crippen molar-refractivity contribution >= 4 is 22.5 Å². The Morgan fingerprint density at radius 1 is 1.13 bits per heavy atom. The molecule has 2 bridgehead atoms. The van der Waals surface area contributed by atoms with E-state index in [9.17, 15) is 9.18 Å². The van der Waals surface area contributed by atoms with E-state index in [0.29, 0.717) is 58.8 Å². The smallest absolute Gasteiger partial charge is 0.261 e. The average molecular weight is 623 g/mol. The van der Waals surface area contributed by atoms with Gasteiger partial charge in [0.05, 0.1) is 22.8 Å². The molecule has 2 aromatic heterocycles. The Hall–Kier alpha value is -4.18. The minimum Gasteiger partial charge on any atom is -0.353 e. The molecule has 2 aromatic carbocycles. The van der Waals surface area contributed by atoms with Crippen molar-refractivity contribution in [1.82, 2.24) is 35.1 Å². The second-order valence-electron chi connectivity index (χ2n) is 14.0. The summed E-state index contributed by atoms with van der Waals surface area (Å²) in [4.78, 5) is 35.2. The highest BCUT2D eigenvalue weighted by molar-refractivity contribution is 5.87. The van der Waals surface area contributed by atoms with Gasteiger partial charge in [-0.05, 0) is 85.3 Å². The molecule has 1 aliphatic heterocycles. The molecule has 9 nitrogen and oxygen atoms in total. The summed E-state index contributed by atoms with van der Waals surface area (Å²) in [6, 6.07) is 12.7. The molecule has 0 spiro atoms. The number of guanidine groups is 1. The first-order valence-corrected chi connectivity index (χ1v) is 16.6. The number of nitrogens with one attached hydrogen (secondary N) is 2. The Morgan fingerprint density at radius 2 is 1.96 bits per heavy atom. The quantitative estimate of drug-likeness (QED) is 0.226. The predicted octanol–water partition coefficient (Wildman–Crippen LogP) is 5.18. The highest BCUT2D eigenvalue weighted by Gasteiger charge is 2.56. The molecule has 3 heterocycles. The van der Waals surface area contributed by atoms with Crippen molar-refractivity contribution in [2.24, 2.45) is 28.2 Å². The maximum Gasteiger partial charge on any atom is 0.261 e. The number of aromatic nitrogens is 4. The van der Waals surface area contributed by atoms with Crippen molar-refractivity contribution in [2.45, 2.75) is 65.6 Å². The van der Waals surface area contributed by atoms with Crippen LogP contribution in [0.3, 0.4) is 0 Å². The molecule has 0 amide bonds. The maximum atomic E-state index is 14.0. The van der Waals surface area contributed by atoms with Crippen LogP contribution in [0.2, 0.25) is 0 Å². The fraction of sp³-hybridized carbons (Fsp3) is 0.472. The molecule has 10 heteroatoms. The average Bonchev–Trinajstić information content (AvgIpc) is 3.05. The monoisotopic (exact) mass is 622 g/mol. The molecule has 3 saturated carbocycles. The number of benzene rings is 2. The number of aryl methyl sites for hydroxylation is 1. The summed E-state index contributed by atoms with van der Waals surface area (Å²) >= 11 is 0. The molecule has 4 fully saturated rings. The van der Waals surface area contributed by atoms with Gasteiger partial charge in [-0.2, -0.15) is 0 Å². The first-order chi connectivity index (χ1) is 22.2. The lowest BCUT2D eigenvalue weighted by atomic mass is 9.45. The summed E-state index contributed by atoms with van der Waals surface area (Å²) in [6.45, 7) is 12.5. The van der Waals surface area contributed by atoms with Crippen molar-refractivity contribution in [3.8, 4) is 11.5 Å². The Labute approximate surface area is 269 Å². The second kappa shape index (κ2) is 12.2. The Kier molecular flexibility index (Phi) is 8.09. The van der Waals surface area contributed by atoms with E-state index in [1.165, 1.54) is 18.6 Å². The van der Waals surface area contributed by atoms with Gasteiger partial charge in [0.1, 0.15) is 11.5 Å². The van der Waals surface area contributed by atoms with Crippen molar-refractivity contribution in [2.75, 3.05) is 19.6 Å². The standard InChI is InChI=1S/C36H43FN8O/c1-22-21-44(16-14-39-22)35(43-30-18-25-17-29(23(30)2)36(25,3)4)41-27-9-10-28-31(19-27)42-33(32-20-38-12-13-40-32)45(34(28)46)15-11-24-5-7-26(37)8-6-24/h5-10,12-13,19-20,22-23,25,29-30,39H,11,14-18,21H2,1-4H3,(H,41,43)/t22-,23+,25-,29-,30-/m0/s1. The summed E-state index contributed by atoms with van der Waals surface area (Å²) in [5.41, 5.74) is 3.01. The third kappa shape index (κ3) is 5.79. The van der Waals surface area contributed by atoms with E-state index < -0.39 is 0 Å². The summed E-state index contributed by atoms with van der Waals surface area (Å²) in [6.07, 6.45) is 7.84. The topological polar surface area (TPSA) is 100 Å². The summed E-state index contributed by atoms with van der Waals surface area (Å²) in [5, 5.41) is 7.97. The van der Waals surface area contributed by atoms with Crippen molar-refractivity contribution in [3.05, 3.63) is 82.8 Å². The van der Waals surface area contributed by atoms with Crippen LogP contribution in [-0.2, 0) is 13.0 Å². The molecule has 4 aliphatic rings. The van der Waals surface area contributed by atoms with Gasteiger partial charge in [-0.25, -0.2) is 19.4 Å². The van der Waals surface area contributed by atoms with Gasteiger partial charge in [0.25, 0.3) is 5.56 Å². The summed E-state index contributed by atoms with van der Waals surface area (Å²) in [7, 11) is 0. The van der Waals surface area contributed by atoms with E-state index in [1.807, 2.05) is 18.2 Å². The van der Waals surface area contributed by atoms with Crippen LogP contribution in [0.25, 0.3) is 22.4 Å². The molecule has 0 radical (unpaired) electrons. The molecule has 2 N–H and O–H groups in total. The second-order valence-corrected chi connectivity index (χ2v) is 14.0. The number of rotatable bonds is 6. The fourth-order valence-electron chi connectivity index (χ4n) is 7.94. The van der Waals surface area contributed by atoms with Gasteiger partial charge in [-0.3, -0.25) is 14.3 Å². The van der Waals surface area contributed by atoms with Gasteiger partial charge in [0.2, 0.25) is 0 Å². The van der Waals surface area contributed by atoms with Crippen molar-refractivity contribution in [1.29, 1.82) is 0 Å². The summed E-state index contributed by atoms with van der Waals surface area (Å²) in [5.74, 6) is 3.08. The van der Waals surface area contributed by atoms with Gasteiger partial charge >= 0.3 is 0 Å². The molecule has 5 atom stereocenters. The van der Waals surface area contributed by atoms with Crippen LogP contribution in [0.1, 0.15) is 46.1 Å².